The van der Waals surface area contributed by atoms with E-state index in [1.54, 1.807) is 6.07 Å². The molecule has 0 saturated heterocycles. The monoisotopic (exact) mass is 481 g/mol. The number of nitriles is 2. The Morgan fingerprint density at radius 2 is 1.62 bits per heavy atom. The first-order valence-corrected chi connectivity index (χ1v) is 11.1. The fraction of sp³-hybridized carbons (Fsp3) is 0.259. The molecule has 3 aromatic carbocycles. The summed E-state index contributed by atoms with van der Waals surface area (Å²) < 4.78 is 38.9. The van der Waals surface area contributed by atoms with Gasteiger partial charge in [-0.1, -0.05) is 48.0 Å². The fourth-order valence-electron chi connectivity index (χ4n) is 4.00. The predicted molar refractivity (Wildman–Crippen MR) is 126 cm³/mol. The Morgan fingerprint density at radius 3 is 2.21 bits per heavy atom. The quantitative estimate of drug-likeness (QED) is 0.370. The summed E-state index contributed by atoms with van der Waals surface area (Å²) in [5.41, 5.74) is 2.43. The average molecular weight is 482 g/mol. The molecule has 3 nitrogen and oxygen atoms in total. The molecule has 1 N–H and O–H groups in total. The van der Waals surface area contributed by atoms with Crippen molar-refractivity contribution in [3.05, 3.63) is 106 Å². The highest BCUT2D eigenvalue weighted by Crippen LogP contribution is 2.32. The summed E-state index contributed by atoms with van der Waals surface area (Å²) in [6.45, 7) is 1.98. The Kier molecular flexibility index (Phi) is 8.34. The zero-order valence-electron chi connectivity index (χ0n) is 18.5. The molecule has 174 valence electrons. The van der Waals surface area contributed by atoms with Crippen LogP contribution in [0.15, 0.2) is 72.8 Å². The number of hydrogen-bond donors (Lipinski definition) is 1. The smallest absolute Gasteiger partial charge is 0.306 e. The van der Waals surface area contributed by atoms with Gasteiger partial charge in [0.1, 0.15) is 0 Å². The molecule has 0 aliphatic rings. The summed E-state index contributed by atoms with van der Waals surface area (Å²) in [6.07, 6.45) is -3.67. The molecule has 0 aliphatic heterocycles. The summed E-state index contributed by atoms with van der Waals surface area (Å²) in [5, 5.41) is 22.8. The van der Waals surface area contributed by atoms with Gasteiger partial charge < -0.3 is 5.32 Å². The molecule has 1 unspecified atom stereocenters. The third-order valence-electron chi connectivity index (χ3n) is 5.82. The van der Waals surface area contributed by atoms with Crippen molar-refractivity contribution in [2.75, 3.05) is 0 Å². The lowest BCUT2D eigenvalue weighted by Crippen LogP contribution is -2.36. The molecule has 0 radical (unpaired) electrons. The van der Waals surface area contributed by atoms with Crippen molar-refractivity contribution in [1.82, 2.24) is 5.32 Å². The van der Waals surface area contributed by atoms with E-state index >= 15 is 0 Å². The lowest BCUT2D eigenvalue weighted by Gasteiger charge is -2.30. The van der Waals surface area contributed by atoms with E-state index < -0.39 is 17.8 Å². The van der Waals surface area contributed by atoms with Gasteiger partial charge in [-0.05, 0) is 66.4 Å². The largest absolute Gasteiger partial charge is 0.416 e. The highest BCUT2D eigenvalue weighted by atomic mass is 35.5. The van der Waals surface area contributed by atoms with Crippen LogP contribution in [-0.4, -0.2) is 6.04 Å². The second-order valence-electron chi connectivity index (χ2n) is 8.16. The van der Waals surface area contributed by atoms with Crippen LogP contribution in [0.1, 0.15) is 53.1 Å². The van der Waals surface area contributed by atoms with Crippen molar-refractivity contribution in [1.29, 1.82) is 10.5 Å². The van der Waals surface area contributed by atoms with Crippen LogP contribution in [0.4, 0.5) is 13.2 Å². The molecule has 0 aliphatic carbocycles. The normalized spacial score (nSPS) is 14.0. The number of halogens is 4. The summed E-state index contributed by atoms with van der Waals surface area (Å²) in [6, 6.07) is 23.5. The van der Waals surface area contributed by atoms with Crippen molar-refractivity contribution < 1.29 is 13.2 Å². The van der Waals surface area contributed by atoms with E-state index in [0.717, 1.165) is 23.3 Å². The second-order valence-corrected chi connectivity index (χ2v) is 8.60. The van der Waals surface area contributed by atoms with E-state index in [9.17, 15) is 23.7 Å². The van der Waals surface area contributed by atoms with E-state index in [-0.39, 0.29) is 18.4 Å². The van der Waals surface area contributed by atoms with E-state index in [1.807, 2.05) is 49.4 Å². The number of nitrogens with one attached hydrogen (secondary N) is 1. The zero-order valence-corrected chi connectivity index (χ0v) is 19.2. The number of hydrogen-bond acceptors (Lipinski definition) is 3. The van der Waals surface area contributed by atoms with Gasteiger partial charge in [0, 0.05) is 23.0 Å². The Labute approximate surface area is 202 Å². The van der Waals surface area contributed by atoms with Crippen LogP contribution in [0.3, 0.4) is 0 Å². The predicted octanol–water partition coefficient (Wildman–Crippen LogP) is 7.19. The van der Waals surface area contributed by atoms with E-state index in [4.69, 9.17) is 11.6 Å². The molecular formula is C27H23ClF3N3. The first-order chi connectivity index (χ1) is 16.2. The molecule has 3 aromatic rings. The minimum absolute atomic E-state index is 0.0647. The topological polar surface area (TPSA) is 59.6 Å². The highest BCUT2D eigenvalue weighted by molar-refractivity contribution is 6.30. The zero-order chi connectivity index (χ0) is 24.7. The van der Waals surface area contributed by atoms with Gasteiger partial charge in [0.05, 0.1) is 29.7 Å². The van der Waals surface area contributed by atoms with Gasteiger partial charge in [-0.2, -0.15) is 23.7 Å². The van der Waals surface area contributed by atoms with Crippen LogP contribution >= 0.6 is 11.6 Å². The number of rotatable bonds is 8. The molecule has 3 rings (SSSR count). The molecule has 0 bridgehead atoms. The highest BCUT2D eigenvalue weighted by Gasteiger charge is 2.30. The second kappa shape index (κ2) is 11.2. The molecule has 3 atom stereocenters. The molecule has 0 spiro atoms. The molecular weight excluding hydrogens is 459 g/mol. The van der Waals surface area contributed by atoms with Gasteiger partial charge in [-0.15, -0.1) is 0 Å². The van der Waals surface area contributed by atoms with Crippen LogP contribution < -0.4 is 5.32 Å². The third-order valence-corrected chi connectivity index (χ3v) is 6.07. The van der Waals surface area contributed by atoms with Crippen molar-refractivity contribution in [2.24, 2.45) is 0 Å². The van der Waals surface area contributed by atoms with Crippen molar-refractivity contribution in [3.63, 3.8) is 0 Å². The van der Waals surface area contributed by atoms with Gasteiger partial charge in [0.25, 0.3) is 0 Å². The lowest BCUT2D eigenvalue weighted by molar-refractivity contribution is -0.137. The number of nitrogens with zero attached hydrogens (tertiary/aromatic N) is 2. The Hall–Kier alpha value is -3.32. The van der Waals surface area contributed by atoms with Gasteiger partial charge in [-0.3, -0.25) is 0 Å². The minimum atomic E-state index is -4.42. The summed E-state index contributed by atoms with van der Waals surface area (Å²) in [5.74, 6) is -0.0647. The SMILES string of the molecule is C[C@H](N[C@@H](CC#N)c1ccc(C(F)(F)F)cc1)C(Cc1ccc(Cl)cc1)c1cccc(C#N)c1. The van der Waals surface area contributed by atoms with E-state index in [1.165, 1.54) is 12.1 Å². The first-order valence-electron chi connectivity index (χ1n) is 10.8. The molecule has 0 fully saturated rings. The standard InChI is InChI=1S/C27H23ClF3N3/c1-18(34-26(13-14-32)21-7-9-23(10-8-21)27(29,30)31)25(16-19-5-11-24(28)12-6-19)22-4-2-3-20(15-22)17-33/h2-12,15,18,25-26,34H,13,16H2,1H3/t18-,25?,26-/m0/s1. The Morgan fingerprint density at radius 1 is 0.941 bits per heavy atom. The molecule has 0 amide bonds. The van der Waals surface area contributed by atoms with Crippen LogP contribution in [0.5, 0.6) is 0 Å². The number of benzene rings is 3. The van der Waals surface area contributed by atoms with Crippen molar-refractivity contribution >= 4 is 11.6 Å². The van der Waals surface area contributed by atoms with Crippen LogP contribution in [-0.2, 0) is 12.6 Å². The lowest BCUT2D eigenvalue weighted by atomic mass is 9.85. The third kappa shape index (κ3) is 6.60. The minimum Gasteiger partial charge on any atom is -0.306 e. The summed E-state index contributed by atoms with van der Waals surface area (Å²) in [4.78, 5) is 0. The van der Waals surface area contributed by atoms with E-state index in [2.05, 4.69) is 17.5 Å². The van der Waals surface area contributed by atoms with Gasteiger partial charge in [-0.25, -0.2) is 0 Å². The maximum atomic E-state index is 13.0. The fourth-order valence-corrected chi connectivity index (χ4v) is 4.12. The van der Waals surface area contributed by atoms with Gasteiger partial charge in [0.2, 0.25) is 0 Å². The molecule has 0 heterocycles. The first kappa shape index (κ1) is 25.3. The van der Waals surface area contributed by atoms with Gasteiger partial charge >= 0.3 is 6.18 Å². The van der Waals surface area contributed by atoms with Crippen LogP contribution in [0, 0.1) is 22.7 Å². The maximum Gasteiger partial charge on any atom is 0.416 e. The van der Waals surface area contributed by atoms with Crippen molar-refractivity contribution in [3.8, 4) is 12.1 Å². The summed E-state index contributed by atoms with van der Waals surface area (Å²) >= 11 is 6.03. The number of alkyl halides is 3. The Bertz CT molecular complexity index is 1180. The molecule has 0 aromatic heterocycles. The molecule has 34 heavy (non-hydrogen) atoms. The van der Waals surface area contributed by atoms with Crippen LogP contribution in [0.25, 0.3) is 0 Å². The summed E-state index contributed by atoms with van der Waals surface area (Å²) in [7, 11) is 0. The van der Waals surface area contributed by atoms with Gasteiger partial charge in [0.15, 0.2) is 0 Å². The maximum absolute atomic E-state index is 13.0. The molecule has 0 saturated carbocycles. The average Bonchev–Trinajstić information content (AvgIpc) is 2.83. The van der Waals surface area contributed by atoms with E-state index in [0.29, 0.717) is 22.6 Å². The van der Waals surface area contributed by atoms with Crippen molar-refractivity contribution in [2.45, 2.75) is 43.9 Å². The van der Waals surface area contributed by atoms with Crippen LogP contribution in [0.2, 0.25) is 5.02 Å². The molecule has 7 heteroatoms. The Balaban J connectivity index is 1.90.